The molecule has 8 heteroatoms. The van der Waals surface area contributed by atoms with Crippen LogP contribution in [0.4, 0.5) is 0 Å². The van der Waals surface area contributed by atoms with E-state index in [2.05, 4.69) is 15.5 Å². The Bertz CT molecular complexity index is 726. The van der Waals surface area contributed by atoms with Crippen molar-refractivity contribution in [3.8, 4) is 11.4 Å². The van der Waals surface area contributed by atoms with Gasteiger partial charge in [-0.2, -0.15) is 0 Å². The molecule has 142 valence electrons. The molecule has 0 saturated carbocycles. The summed E-state index contributed by atoms with van der Waals surface area (Å²) in [6.45, 7) is 7.24. The predicted octanol–water partition coefficient (Wildman–Crippen LogP) is 3.64. The molecule has 1 aromatic carbocycles. The van der Waals surface area contributed by atoms with Gasteiger partial charge in [-0.1, -0.05) is 23.4 Å². The van der Waals surface area contributed by atoms with E-state index in [9.17, 15) is 4.79 Å². The zero-order valence-corrected chi connectivity index (χ0v) is 17.2. The van der Waals surface area contributed by atoms with Gasteiger partial charge in [-0.25, -0.2) is 0 Å². The van der Waals surface area contributed by atoms with Gasteiger partial charge in [0.1, 0.15) is 0 Å². The van der Waals surface area contributed by atoms with Crippen LogP contribution in [0.15, 0.2) is 29.4 Å². The standard InChI is InChI=1S/C18H25ClN4O2S/c1-18(2,3)20-15(24)12-26-17-22-21-16(23(17)10-5-11-25-4)13-6-8-14(19)9-7-13/h6-9H,5,10-12H2,1-4H3,(H,20,24). The van der Waals surface area contributed by atoms with Crippen molar-refractivity contribution in [3.05, 3.63) is 29.3 Å². The Morgan fingerprint density at radius 3 is 2.58 bits per heavy atom. The van der Waals surface area contributed by atoms with Crippen molar-refractivity contribution in [2.75, 3.05) is 19.5 Å². The van der Waals surface area contributed by atoms with Crippen LogP contribution in [0.1, 0.15) is 27.2 Å². The van der Waals surface area contributed by atoms with Gasteiger partial charge in [-0.3, -0.25) is 4.79 Å². The molecule has 0 aliphatic carbocycles. The van der Waals surface area contributed by atoms with E-state index in [1.165, 1.54) is 11.8 Å². The van der Waals surface area contributed by atoms with Gasteiger partial charge < -0.3 is 14.6 Å². The zero-order valence-electron chi connectivity index (χ0n) is 15.6. The first-order chi connectivity index (χ1) is 12.3. The molecule has 0 aliphatic heterocycles. The molecule has 6 nitrogen and oxygen atoms in total. The largest absolute Gasteiger partial charge is 0.385 e. The number of hydrogen-bond acceptors (Lipinski definition) is 5. The van der Waals surface area contributed by atoms with E-state index in [0.29, 0.717) is 23.9 Å². The summed E-state index contributed by atoms with van der Waals surface area (Å²) >= 11 is 7.36. The zero-order chi connectivity index (χ0) is 19.2. The summed E-state index contributed by atoms with van der Waals surface area (Å²) in [5, 5.41) is 13.0. The summed E-state index contributed by atoms with van der Waals surface area (Å²) in [5.74, 6) is 1.03. The first-order valence-corrected chi connectivity index (χ1v) is 9.78. The third-order valence-electron chi connectivity index (χ3n) is 3.40. The molecule has 26 heavy (non-hydrogen) atoms. The summed E-state index contributed by atoms with van der Waals surface area (Å²) in [7, 11) is 1.68. The van der Waals surface area contributed by atoms with Crippen LogP contribution in [0.2, 0.25) is 5.02 Å². The summed E-state index contributed by atoms with van der Waals surface area (Å²) < 4.78 is 7.18. The minimum atomic E-state index is -0.252. The van der Waals surface area contributed by atoms with Crippen LogP contribution in [-0.4, -0.2) is 45.7 Å². The number of carbonyl (C=O) groups is 1. The van der Waals surface area contributed by atoms with Crippen molar-refractivity contribution in [1.29, 1.82) is 0 Å². The number of halogens is 1. The summed E-state index contributed by atoms with van der Waals surface area (Å²) in [6, 6.07) is 7.49. The van der Waals surface area contributed by atoms with E-state index in [-0.39, 0.29) is 11.4 Å². The van der Waals surface area contributed by atoms with Gasteiger partial charge in [0.15, 0.2) is 11.0 Å². The second kappa shape index (κ2) is 9.39. The maximum atomic E-state index is 12.1. The Labute approximate surface area is 163 Å². The average molecular weight is 397 g/mol. The van der Waals surface area contributed by atoms with Crippen molar-refractivity contribution in [2.45, 2.75) is 44.4 Å². The molecule has 1 N–H and O–H groups in total. The first-order valence-electron chi connectivity index (χ1n) is 8.42. The van der Waals surface area contributed by atoms with Gasteiger partial charge in [0.25, 0.3) is 0 Å². The van der Waals surface area contributed by atoms with Gasteiger partial charge in [0.2, 0.25) is 5.91 Å². The van der Waals surface area contributed by atoms with Gasteiger partial charge in [-0.15, -0.1) is 10.2 Å². The molecular weight excluding hydrogens is 372 g/mol. The van der Waals surface area contributed by atoms with Gasteiger partial charge in [0.05, 0.1) is 5.75 Å². The van der Waals surface area contributed by atoms with E-state index in [1.807, 2.05) is 49.6 Å². The summed E-state index contributed by atoms with van der Waals surface area (Å²) in [4.78, 5) is 12.1. The lowest BCUT2D eigenvalue weighted by atomic mass is 10.1. The van der Waals surface area contributed by atoms with E-state index >= 15 is 0 Å². The number of thioether (sulfide) groups is 1. The highest BCUT2D eigenvalue weighted by Crippen LogP contribution is 2.25. The van der Waals surface area contributed by atoms with Crippen molar-refractivity contribution in [3.63, 3.8) is 0 Å². The van der Waals surface area contributed by atoms with Gasteiger partial charge in [-0.05, 0) is 51.5 Å². The minimum Gasteiger partial charge on any atom is -0.385 e. The number of hydrogen-bond donors (Lipinski definition) is 1. The molecule has 1 amide bonds. The highest BCUT2D eigenvalue weighted by atomic mass is 35.5. The fourth-order valence-corrected chi connectivity index (χ4v) is 3.25. The van der Waals surface area contributed by atoms with Crippen LogP contribution in [-0.2, 0) is 16.1 Å². The normalized spacial score (nSPS) is 11.6. The number of amides is 1. The molecule has 1 aromatic heterocycles. The molecule has 2 rings (SSSR count). The van der Waals surface area contributed by atoms with Crippen molar-refractivity contribution in [2.24, 2.45) is 0 Å². The summed E-state index contributed by atoms with van der Waals surface area (Å²) in [6.07, 6.45) is 0.830. The molecule has 2 aromatic rings. The van der Waals surface area contributed by atoms with Crippen LogP contribution < -0.4 is 5.32 Å². The molecule has 0 saturated heterocycles. The van der Waals surface area contributed by atoms with Gasteiger partial charge >= 0.3 is 0 Å². The Hall–Kier alpha value is -1.57. The Balaban J connectivity index is 2.17. The SMILES string of the molecule is COCCCn1c(SCC(=O)NC(C)(C)C)nnc1-c1ccc(Cl)cc1. The number of nitrogens with one attached hydrogen (secondary N) is 1. The molecular formula is C18H25ClN4O2S. The van der Waals surface area contributed by atoms with Crippen LogP contribution in [0.25, 0.3) is 11.4 Å². The minimum absolute atomic E-state index is 0.0259. The monoisotopic (exact) mass is 396 g/mol. The second-order valence-corrected chi connectivity index (χ2v) is 8.28. The third-order valence-corrected chi connectivity index (χ3v) is 4.61. The van der Waals surface area contributed by atoms with E-state index in [4.69, 9.17) is 16.3 Å². The predicted molar refractivity (Wildman–Crippen MR) is 106 cm³/mol. The van der Waals surface area contributed by atoms with Crippen LogP contribution in [0.5, 0.6) is 0 Å². The second-order valence-electron chi connectivity index (χ2n) is 6.90. The van der Waals surface area contributed by atoms with Crippen molar-refractivity contribution >= 4 is 29.3 Å². The maximum absolute atomic E-state index is 12.1. The van der Waals surface area contributed by atoms with Gasteiger partial charge in [0, 0.05) is 36.4 Å². The number of ether oxygens (including phenoxy) is 1. The lowest BCUT2D eigenvalue weighted by Gasteiger charge is -2.20. The number of methoxy groups -OCH3 is 1. The third kappa shape index (κ3) is 6.30. The van der Waals surface area contributed by atoms with Crippen LogP contribution in [0.3, 0.4) is 0 Å². The number of nitrogens with zero attached hydrogens (tertiary/aromatic N) is 3. The molecule has 1 heterocycles. The maximum Gasteiger partial charge on any atom is 0.230 e. The molecule has 0 unspecified atom stereocenters. The lowest BCUT2D eigenvalue weighted by molar-refractivity contribution is -0.119. The van der Waals surface area contributed by atoms with Crippen molar-refractivity contribution in [1.82, 2.24) is 20.1 Å². The number of carbonyl (C=O) groups excluding carboxylic acids is 1. The Kier molecular flexibility index (Phi) is 7.49. The highest BCUT2D eigenvalue weighted by molar-refractivity contribution is 7.99. The fourth-order valence-electron chi connectivity index (χ4n) is 2.36. The molecule has 0 bridgehead atoms. The molecule has 0 spiro atoms. The van der Waals surface area contributed by atoms with Crippen LogP contribution in [0, 0.1) is 0 Å². The smallest absolute Gasteiger partial charge is 0.230 e. The number of aromatic nitrogens is 3. The summed E-state index contributed by atoms with van der Waals surface area (Å²) in [5.41, 5.74) is 0.684. The fraction of sp³-hybridized carbons (Fsp3) is 0.500. The number of rotatable bonds is 8. The van der Waals surface area contributed by atoms with Crippen molar-refractivity contribution < 1.29 is 9.53 Å². The molecule has 0 fully saturated rings. The van der Waals surface area contributed by atoms with E-state index in [1.54, 1.807) is 7.11 Å². The highest BCUT2D eigenvalue weighted by Gasteiger charge is 2.18. The Morgan fingerprint density at radius 2 is 1.96 bits per heavy atom. The Morgan fingerprint density at radius 1 is 1.27 bits per heavy atom. The topological polar surface area (TPSA) is 69.0 Å². The lowest BCUT2D eigenvalue weighted by Crippen LogP contribution is -2.41. The average Bonchev–Trinajstić information content (AvgIpc) is 2.95. The van der Waals surface area contributed by atoms with E-state index < -0.39 is 0 Å². The number of benzene rings is 1. The molecule has 0 aliphatic rings. The first kappa shape index (κ1) is 20.7. The quantitative estimate of drug-likeness (QED) is 0.545. The molecule has 0 radical (unpaired) electrons. The van der Waals surface area contributed by atoms with E-state index in [0.717, 1.165) is 23.0 Å². The molecule has 0 atom stereocenters. The van der Waals surface area contributed by atoms with Crippen LogP contribution >= 0.6 is 23.4 Å².